The van der Waals surface area contributed by atoms with Crippen LogP contribution < -0.4 is 10.1 Å². The fourth-order valence-electron chi connectivity index (χ4n) is 2.94. The van der Waals surface area contributed by atoms with E-state index in [2.05, 4.69) is 45.3 Å². The highest BCUT2D eigenvalue weighted by atomic mass is 28.4. The number of nitrogens with zero attached hydrogens (tertiary/aromatic N) is 1. The van der Waals surface area contributed by atoms with Gasteiger partial charge < -0.3 is 14.5 Å². The molecule has 0 spiro atoms. The van der Waals surface area contributed by atoms with E-state index >= 15 is 0 Å². The zero-order valence-electron chi connectivity index (χ0n) is 17.1. The highest BCUT2D eigenvalue weighted by Crippen LogP contribution is 2.46. The standard InChI is InChI=1S/C20H30N2O3Si/c1-13(23)22-17-15-11-14(12-21)9-10-16(15)24-20(5,6)18(17)25-26(7,8)19(2,3)4/h9-11,17-18H,1-8H3,(H,22,23)/t17-,18+/m0/s1. The second kappa shape index (κ2) is 6.71. The number of carbonyl (C=O) groups excluding carboxylic acids is 1. The second-order valence-corrected chi connectivity index (χ2v) is 13.8. The van der Waals surface area contributed by atoms with E-state index < -0.39 is 13.9 Å². The zero-order chi connectivity index (χ0) is 19.9. The predicted molar refractivity (Wildman–Crippen MR) is 104 cm³/mol. The first-order valence-corrected chi connectivity index (χ1v) is 11.9. The van der Waals surface area contributed by atoms with Gasteiger partial charge in [-0.2, -0.15) is 5.26 Å². The Morgan fingerprint density at radius 3 is 2.46 bits per heavy atom. The van der Waals surface area contributed by atoms with Crippen LogP contribution in [0.3, 0.4) is 0 Å². The molecule has 1 aliphatic heterocycles. The van der Waals surface area contributed by atoms with E-state index in [1.807, 2.05) is 13.8 Å². The summed E-state index contributed by atoms with van der Waals surface area (Å²) in [7, 11) is -2.11. The van der Waals surface area contributed by atoms with Gasteiger partial charge in [0, 0.05) is 12.5 Å². The van der Waals surface area contributed by atoms with Crippen molar-refractivity contribution in [2.75, 3.05) is 0 Å². The summed E-state index contributed by atoms with van der Waals surface area (Å²) in [5, 5.41) is 12.3. The van der Waals surface area contributed by atoms with Crippen LogP contribution in [0, 0.1) is 11.3 Å². The monoisotopic (exact) mass is 374 g/mol. The van der Waals surface area contributed by atoms with E-state index in [1.165, 1.54) is 6.92 Å². The van der Waals surface area contributed by atoms with Crippen LogP contribution in [-0.2, 0) is 9.22 Å². The van der Waals surface area contributed by atoms with Crippen molar-refractivity contribution in [3.8, 4) is 11.8 Å². The Morgan fingerprint density at radius 1 is 1.35 bits per heavy atom. The average molecular weight is 375 g/mol. The van der Waals surface area contributed by atoms with Gasteiger partial charge in [0.1, 0.15) is 17.5 Å². The molecule has 0 fully saturated rings. The SMILES string of the molecule is CC(=O)N[C@H]1c2cc(C#N)ccc2OC(C)(C)[C@@H]1O[Si](C)(C)C(C)(C)C. The Hall–Kier alpha value is -1.84. The minimum atomic E-state index is -2.11. The largest absolute Gasteiger partial charge is 0.485 e. The minimum Gasteiger partial charge on any atom is -0.485 e. The molecule has 0 aliphatic carbocycles. The third-order valence-electron chi connectivity index (χ3n) is 5.42. The Bertz CT molecular complexity index is 744. The minimum absolute atomic E-state index is 0.0264. The number of ether oxygens (including phenoxy) is 1. The number of benzene rings is 1. The van der Waals surface area contributed by atoms with E-state index in [-0.39, 0.29) is 23.1 Å². The first kappa shape index (κ1) is 20.5. The number of amides is 1. The molecule has 5 nitrogen and oxygen atoms in total. The van der Waals surface area contributed by atoms with Crippen molar-refractivity contribution in [3.63, 3.8) is 0 Å². The van der Waals surface area contributed by atoms with Crippen molar-refractivity contribution in [3.05, 3.63) is 29.3 Å². The lowest BCUT2D eigenvalue weighted by molar-refractivity contribution is -0.123. The molecule has 1 N–H and O–H groups in total. The van der Waals surface area contributed by atoms with E-state index in [1.54, 1.807) is 18.2 Å². The average Bonchev–Trinajstić information content (AvgIpc) is 2.48. The van der Waals surface area contributed by atoms with Gasteiger partial charge in [-0.15, -0.1) is 0 Å². The summed E-state index contributed by atoms with van der Waals surface area (Å²) < 4.78 is 13.0. The van der Waals surface area contributed by atoms with Gasteiger partial charge in [0.2, 0.25) is 5.91 Å². The summed E-state index contributed by atoms with van der Waals surface area (Å²) in [6.45, 7) is 16.4. The summed E-state index contributed by atoms with van der Waals surface area (Å²) in [6, 6.07) is 7.11. The van der Waals surface area contributed by atoms with Crippen LogP contribution in [0.5, 0.6) is 5.75 Å². The van der Waals surface area contributed by atoms with Crippen LogP contribution >= 0.6 is 0 Å². The smallest absolute Gasteiger partial charge is 0.217 e. The fraction of sp³-hybridized carbons (Fsp3) is 0.600. The van der Waals surface area contributed by atoms with Gasteiger partial charge in [0.05, 0.1) is 17.7 Å². The molecule has 6 heteroatoms. The quantitative estimate of drug-likeness (QED) is 0.801. The molecule has 0 saturated carbocycles. The molecule has 142 valence electrons. The first-order valence-electron chi connectivity index (χ1n) is 8.96. The van der Waals surface area contributed by atoms with Gasteiger partial charge in [-0.25, -0.2) is 0 Å². The molecule has 2 atom stereocenters. The molecule has 0 bridgehead atoms. The summed E-state index contributed by atoms with van der Waals surface area (Å²) in [5.41, 5.74) is 0.708. The number of rotatable bonds is 3. The molecular weight excluding hydrogens is 344 g/mol. The first-order chi connectivity index (χ1) is 11.8. The molecule has 1 heterocycles. The summed E-state index contributed by atoms with van der Waals surface area (Å²) >= 11 is 0. The highest BCUT2D eigenvalue weighted by molar-refractivity contribution is 6.74. The molecule has 2 rings (SSSR count). The Balaban J connectivity index is 2.56. The molecule has 0 aromatic heterocycles. The molecule has 0 saturated heterocycles. The summed E-state index contributed by atoms with van der Waals surface area (Å²) in [6.07, 6.45) is -0.353. The Kier molecular flexibility index (Phi) is 5.28. The number of nitriles is 1. The number of hydrogen-bond donors (Lipinski definition) is 1. The lowest BCUT2D eigenvalue weighted by atomic mass is 9.86. The lowest BCUT2D eigenvalue weighted by Crippen LogP contribution is -2.59. The molecular formula is C20H30N2O3Si. The summed E-state index contributed by atoms with van der Waals surface area (Å²) in [5.74, 6) is 0.549. The van der Waals surface area contributed by atoms with Gasteiger partial charge in [0.15, 0.2) is 8.32 Å². The number of fused-ring (bicyclic) bond motifs is 1. The van der Waals surface area contributed by atoms with Gasteiger partial charge in [-0.1, -0.05) is 20.8 Å². The third-order valence-corrected chi connectivity index (χ3v) is 9.88. The zero-order valence-corrected chi connectivity index (χ0v) is 18.1. The van der Waals surface area contributed by atoms with Gasteiger partial charge in [-0.05, 0) is 50.2 Å². The van der Waals surface area contributed by atoms with Crippen molar-refractivity contribution < 1.29 is 14.0 Å². The van der Waals surface area contributed by atoms with Crippen molar-refractivity contribution in [1.29, 1.82) is 5.26 Å². The van der Waals surface area contributed by atoms with Crippen LogP contribution in [0.1, 0.15) is 58.7 Å². The maximum Gasteiger partial charge on any atom is 0.217 e. The van der Waals surface area contributed by atoms with Gasteiger partial charge >= 0.3 is 0 Å². The van der Waals surface area contributed by atoms with Crippen LogP contribution in [-0.4, -0.2) is 25.9 Å². The molecule has 0 unspecified atom stereocenters. The van der Waals surface area contributed by atoms with Gasteiger partial charge in [0.25, 0.3) is 0 Å². The Morgan fingerprint density at radius 2 is 1.96 bits per heavy atom. The van der Waals surface area contributed by atoms with Crippen molar-refractivity contribution >= 4 is 14.2 Å². The second-order valence-electron chi connectivity index (χ2n) is 9.05. The van der Waals surface area contributed by atoms with Crippen LogP contribution in [0.15, 0.2) is 18.2 Å². The summed E-state index contributed by atoms with van der Waals surface area (Å²) in [4.78, 5) is 11.9. The lowest BCUT2D eigenvalue weighted by Gasteiger charge is -2.49. The molecule has 1 aliphatic rings. The van der Waals surface area contributed by atoms with E-state index in [9.17, 15) is 10.1 Å². The number of hydrogen-bond acceptors (Lipinski definition) is 4. The van der Waals surface area contributed by atoms with Crippen molar-refractivity contribution in [2.45, 2.75) is 77.4 Å². The van der Waals surface area contributed by atoms with Crippen LogP contribution in [0.2, 0.25) is 18.1 Å². The normalized spacial score (nSPS) is 22.0. The predicted octanol–water partition coefficient (Wildman–Crippen LogP) is 4.30. The van der Waals surface area contributed by atoms with E-state index in [0.717, 1.165) is 5.56 Å². The van der Waals surface area contributed by atoms with E-state index in [4.69, 9.17) is 9.16 Å². The fourth-order valence-corrected chi connectivity index (χ4v) is 4.34. The number of nitrogens with one attached hydrogen (secondary N) is 1. The van der Waals surface area contributed by atoms with Crippen LogP contribution in [0.4, 0.5) is 0 Å². The third kappa shape index (κ3) is 3.94. The molecule has 26 heavy (non-hydrogen) atoms. The molecule has 1 amide bonds. The topological polar surface area (TPSA) is 71.4 Å². The Labute approximate surface area is 157 Å². The molecule has 0 radical (unpaired) electrons. The van der Waals surface area contributed by atoms with Gasteiger partial charge in [-0.3, -0.25) is 4.79 Å². The number of carbonyl (C=O) groups is 1. The van der Waals surface area contributed by atoms with Crippen LogP contribution in [0.25, 0.3) is 0 Å². The van der Waals surface area contributed by atoms with E-state index in [0.29, 0.717) is 11.3 Å². The molecule has 1 aromatic rings. The van der Waals surface area contributed by atoms with Crippen molar-refractivity contribution in [1.82, 2.24) is 5.32 Å². The molecule has 1 aromatic carbocycles. The highest BCUT2D eigenvalue weighted by Gasteiger charge is 2.50. The maximum atomic E-state index is 11.9. The van der Waals surface area contributed by atoms with Crippen molar-refractivity contribution in [2.24, 2.45) is 0 Å². The maximum absolute atomic E-state index is 11.9.